The van der Waals surface area contributed by atoms with Gasteiger partial charge in [-0.2, -0.15) is 0 Å². The molecule has 4 nitrogen and oxygen atoms in total. The van der Waals surface area contributed by atoms with Gasteiger partial charge in [0.15, 0.2) is 0 Å². The SMILES string of the molecule is NC1CN(CC(=O)Nc2ccc(Cl)cc2F)C1. The molecule has 0 saturated carbocycles. The van der Waals surface area contributed by atoms with Gasteiger partial charge in [-0.1, -0.05) is 11.6 Å². The quantitative estimate of drug-likeness (QED) is 0.851. The predicted molar refractivity (Wildman–Crippen MR) is 64.5 cm³/mol. The van der Waals surface area contributed by atoms with Gasteiger partial charge < -0.3 is 11.1 Å². The number of halogens is 2. The zero-order valence-corrected chi connectivity index (χ0v) is 9.88. The van der Waals surface area contributed by atoms with E-state index in [0.29, 0.717) is 18.1 Å². The van der Waals surface area contributed by atoms with Crippen molar-refractivity contribution in [1.82, 2.24) is 4.90 Å². The number of nitrogens with two attached hydrogens (primary N) is 1. The molecule has 1 saturated heterocycles. The Morgan fingerprint density at radius 2 is 2.29 bits per heavy atom. The van der Waals surface area contributed by atoms with E-state index < -0.39 is 5.82 Å². The van der Waals surface area contributed by atoms with E-state index in [1.165, 1.54) is 12.1 Å². The second-order valence-electron chi connectivity index (χ2n) is 4.13. The Bertz CT molecular complexity index is 435. The monoisotopic (exact) mass is 257 g/mol. The van der Waals surface area contributed by atoms with Crippen LogP contribution in [0.5, 0.6) is 0 Å². The number of likely N-dealkylation sites (tertiary alicyclic amines) is 1. The van der Waals surface area contributed by atoms with Gasteiger partial charge in [0.25, 0.3) is 0 Å². The third-order valence-corrected chi connectivity index (χ3v) is 2.79. The van der Waals surface area contributed by atoms with Crippen molar-refractivity contribution >= 4 is 23.2 Å². The topological polar surface area (TPSA) is 58.4 Å². The Morgan fingerprint density at radius 1 is 1.59 bits per heavy atom. The molecule has 2 rings (SSSR count). The largest absolute Gasteiger partial charge is 0.325 e. The first kappa shape index (κ1) is 12.3. The molecule has 17 heavy (non-hydrogen) atoms. The smallest absolute Gasteiger partial charge is 0.238 e. The number of carbonyl (C=O) groups is 1. The number of hydrogen-bond donors (Lipinski definition) is 2. The number of nitrogens with zero attached hydrogens (tertiary/aromatic N) is 1. The maximum atomic E-state index is 13.4. The minimum absolute atomic E-state index is 0.143. The van der Waals surface area contributed by atoms with Gasteiger partial charge in [0.05, 0.1) is 12.2 Å². The van der Waals surface area contributed by atoms with E-state index in [-0.39, 0.29) is 24.2 Å². The summed E-state index contributed by atoms with van der Waals surface area (Å²) in [5, 5.41) is 2.80. The lowest BCUT2D eigenvalue weighted by Crippen LogP contribution is -2.57. The Balaban J connectivity index is 1.89. The normalized spacial score (nSPS) is 16.6. The molecule has 0 bridgehead atoms. The van der Waals surface area contributed by atoms with Gasteiger partial charge >= 0.3 is 0 Å². The van der Waals surface area contributed by atoms with Crippen molar-refractivity contribution in [2.45, 2.75) is 6.04 Å². The summed E-state index contributed by atoms with van der Waals surface area (Å²) < 4.78 is 13.4. The van der Waals surface area contributed by atoms with Crippen molar-refractivity contribution in [1.29, 1.82) is 0 Å². The number of nitrogens with one attached hydrogen (secondary N) is 1. The minimum atomic E-state index is -0.536. The van der Waals surface area contributed by atoms with E-state index in [2.05, 4.69) is 5.32 Å². The molecule has 1 amide bonds. The highest BCUT2D eigenvalue weighted by Gasteiger charge is 2.24. The van der Waals surface area contributed by atoms with Crippen LogP contribution < -0.4 is 11.1 Å². The van der Waals surface area contributed by atoms with Gasteiger partial charge in [-0.3, -0.25) is 9.69 Å². The van der Waals surface area contributed by atoms with Crippen molar-refractivity contribution < 1.29 is 9.18 Å². The molecular weight excluding hydrogens is 245 g/mol. The maximum absolute atomic E-state index is 13.4. The highest BCUT2D eigenvalue weighted by atomic mass is 35.5. The zero-order valence-electron chi connectivity index (χ0n) is 9.12. The van der Waals surface area contributed by atoms with Crippen LogP contribution in [0.4, 0.5) is 10.1 Å². The molecule has 1 aromatic rings. The number of amides is 1. The number of benzene rings is 1. The van der Waals surface area contributed by atoms with Crippen molar-refractivity contribution in [2.24, 2.45) is 5.73 Å². The molecule has 0 radical (unpaired) electrons. The third kappa shape index (κ3) is 3.15. The fourth-order valence-corrected chi connectivity index (χ4v) is 1.88. The van der Waals surface area contributed by atoms with Gasteiger partial charge in [0.1, 0.15) is 5.82 Å². The van der Waals surface area contributed by atoms with Gasteiger partial charge in [-0.15, -0.1) is 0 Å². The highest BCUT2D eigenvalue weighted by Crippen LogP contribution is 2.18. The van der Waals surface area contributed by atoms with Crippen LogP contribution in [0, 0.1) is 5.82 Å². The first-order chi connectivity index (χ1) is 8.04. The molecule has 0 spiro atoms. The summed E-state index contributed by atoms with van der Waals surface area (Å²) in [4.78, 5) is 13.5. The number of carbonyl (C=O) groups excluding carboxylic acids is 1. The zero-order chi connectivity index (χ0) is 12.4. The summed E-state index contributed by atoms with van der Waals surface area (Å²) in [7, 11) is 0. The summed E-state index contributed by atoms with van der Waals surface area (Å²) in [5.74, 6) is -0.788. The van der Waals surface area contributed by atoms with E-state index in [4.69, 9.17) is 17.3 Å². The summed E-state index contributed by atoms with van der Waals surface area (Å²) in [6.45, 7) is 1.64. The van der Waals surface area contributed by atoms with Crippen LogP contribution in [0.1, 0.15) is 0 Å². The second kappa shape index (κ2) is 5.00. The first-order valence-electron chi connectivity index (χ1n) is 5.27. The summed E-state index contributed by atoms with van der Waals surface area (Å²) in [6.07, 6.45) is 0. The summed E-state index contributed by atoms with van der Waals surface area (Å²) >= 11 is 5.61. The third-order valence-electron chi connectivity index (χ3n) is 2.56. The van der Waals surface area contributed by atoms with Gasteiger partial charge in [-0.25, -0.2) is 4.39 Å². The molecule has 92 valence electrons. The molecule has 0 unspecified atom stereocenters. The summed E-state index contributed by atoms with van der Waals surface area (Å²) in [5.41, 5.74) is 5.73. The lowest BCUT2D eigenvalue weighted by Gasteiger charge is -2.36. The van der Waals surface area contributed by atoms with E-state index in [1.54, 1.807) is 0 Å². The molecule has 1 aliphatic rings. The van der Waals surface area contributed by atoms with Crippen LogP contribution in [0.2, 0.25) is 5.02 Å². The fourth-order valence-electron chi connectivity index (χ4n) is 1.72. The molecule has 6 heteroatoms. The highest BCUT2D eigenvalue weighted by molar-refractivity contribution is 6.30. The molecule has 1 aliphatic heterocycles. The molecule has 1 aromatic carbocycles. The van der Waals surface area contributed by atoms with E-state index in [0.717, 1.165) is 6.07 Å². The number of anilines is 1. The predicted octanol–water partition coefficient (Wildman–Crippen LogP) is 1.06. The minimum Gasteiger partial charge on any atom is -0.325 e. The number of rotatable bonds is 3. The lowest BCUT2D eigenvalue weighted by atomic mass is 10.1. The standard InChI is InChI=1S/C11H13ClFN3O/c12-7-1-2-10(9(13)3-7)15-11(17)6-16-4-8(14)5-16/h1-3,8H,4-6,14H2,(H,15,17). The Morgan fingerprint density at radius 3 is 2.88 bits per heavy atom. The van der Waals surface area contributed by atoms with Crippen molar-refractivity contribution in [2.75, 3.05) is 25.0 Å². The first-order valence-corrected chi connectivity index (χ1v) is 5.65. The van der Waals surface area contributed by atoms with Crippen LogP contribution in [0.3, 0.4) is 0 Å². The molecular formula is C11H13ClFN3O. The van der Waals surface area contributed by atoms with E-state index >= 15 is 0 Å². The van der Waals surface area contributed by atoms with Crippen molar-refractivity contribution in [3.8, 4) is 0 Å². The van der Waals surface area contributed by atoms with Gasteiger partial charge in [0.2, 0.25) is 5.91 Å². The average Bonchev–Trinajstić information content (AvgIpc) is 2.20. The van der Waals surface area contributed by atoms with Crippen LogP contribution in [0.15, 0.2) is 18.2 Å². The van der Waals surface area contributed by atoms with Crippen LogP contribution in [-0.4, -0.2) is 36.5 Å². The Hall–Kier alpha value is -1.17. The van der Waals surface area contributed by atoms with Gasteiger partial charge in [0, 0.05) is 24.2 Å². The lowest BCUT2D eigenvalue weighted by molar-refractivity contribution is -0.118. The average molecular weight is 258 g/mol. The molecule has 0 atom stereocenters. The van der Waals surface area contributed by atoms with Gasteiger partial charge in [-0.05, 0) is 18.2 Å². The van der Waals surface area contributed by atoms with Crippen LogP contribution in [0.25, 0.3) is 0 Å². The number of hydrogen-bond acceptors (Lipinski definition) is 3. The summed E-state index contributed by atoms with van der Waals surface area (Å²) in [6, 6.07) is 4.28. The second-order valence-corrected chi connectivity index (χ2v) is 4.56. The Kier molecular flexibility index (Phi) is 3.61. The van der Waals surface area contributed by atoms with E-state index in [9.17, 15) is 9.18 Å². The fraction of sp³-hybridized carbons (Fsp3) is 0.364. The molecule has 3 N–H and O–H groups in total. The van der Waals surface area contributed by atoms with Crippen LogP contribution >= 0.6 is 11.6 Å². The van der Waals surface area contributed by atoms with Crippen LogP contribution in [-0.2, 0) is 4.79 Å². The molecule has 1 heterocycles. The van der Waals surface area contributed by atoms with Crippen molar-refractivity contribution in [3.63, 3.8) is 0 Å². The van der Waals surface area contributed by atoms with Crippen molar-refractivity contribution in [3.05, 3.63) is 29.0 Å². The van der Waals surface area contributed by atoms with E-state index in [1.807, 2.05) is 4.90 Å². The molecule has 0 aliphatic carbocycles. The molecule has 1 fully saturated rings. The maximum Gasteiger partial charge on any atom is 0.238 e. The molecule has 0 aromatic heterocycles. The Labute approximate surface area is 104 Å².